The molecule has 6 nitrogen and oxygen atoms in total. The molecule has 0 aromatic heterocycles. The number of hydrogen-bond acceptors (Lipinski definition) is 6. The van der Waals surface area contributed by atoms with Gasteiger partial charge in [-0.3, -0.25) is 14.4 Å². The van der Waals surface area contributed by atoms with Crippen LogP contribution in [-0.2, 0) is 28.6 Å². The fraction of sp³-hybridized carbons (Fsp3) is 0.857. The number of unbranched alkanes of at least 4 members (excludes halogenated alkanes) is 50. The van der Waals surface area contributed by atoms with Gasteiger partial charge in [0.15, 0.2) is 6.10 Å². The van der Waals surface area contributed by atoms with Gasteiger partial charge in [0.05, 0.1) is 0 Å². The van der Waals surface area contributed by atoms with Crippen LogP contribution < -0.4 is 0 Å². The maximum absolute atomic E-state index is 13.0. The molecule has 0 aliphatic heterocycles. The third kappa shape index (κ3) is 70.0. The average Bonchev–Trinajstić information content (AvgIpc) is 3.49. The normalized spacial score (nSPS) is 12.3. The van der Waals surface area contributed by atoms with Gasteiger partial charge < -0.3 is 14.2 Å². The van der Waals surface area contributed by atoms with Crippen LogP contribution in [-0.4, -0.2) is 37.2 Å². The minimum Gasteiger partial charge on any atom is -0.462 e. The highest BCUT2D eigenvalue weighted by Gasteiger charge is 2.19. The maximum Gasteiger partial charge on any atom is 0.306 e. The summed E-state index contributed by atoms with van der Waals surface area (Å²) in [7, 11) is 0. The van der Waals surface area contributed by atoms with Gasteiger partial charge in [-0.1, -0.05) is 333 Å². The Bertz CT molecular complexity index is 1430. The summed E-state index contributed by atoms with van der Waals surface area (Å²) in [4.78, 5) is 38.5. The first-order chi connectivity index (χ1) is 41.0. The Kier molecular flexibility index (Phi) is 69.6. The number of hydrogen-bond donors (Lipinski definition) is 0. The molecule has 0 radical (unpaired) electrons. The minimum absolute atomic E-state index is 0.0745. The summed E-state index contributed by atoms with van der Waals surface area (Å²) in [6.07, 6.45) is 91.5. The topological polar surface area (TPSA) is 78.9 Å². The Morgan fingerprint density at radius 2 is 0.434 bits per heavy atom. The summed E-state index contributed by atoms with van der Waals surface area (Å²) in [5.41, 5.74) is 0. The van der Waals surface area contributed by atoms with E-state index >= 15 is 0 Å². The van der Waals surface area contributed by atoms with Crippen molar-refractivity contribution < 1.29 is 28.6 Å². The summed E-state index contributed by atoms with van der Waals surface area (Å²) < 4.78 is 17.0. The molecule has 0 amide bonds. The Labute approximate surface area is 518 Å². The SMILES string of the molecule is CCCCC/C=C\C/C=C\CCCCCCCC(=O)OCC(COC(=O)CCCCCCCCCCCCCCCCCCC/C=C\CCCCCCCCCC)OC(=O)CCCCCCCCCCC/C=C\CCCCCCCCCC. The van der Waals surface area contributed by atoms with Gasteiger partial charge in [-0.05, 0) is 103 Å². The molecule has 1 atom stereocenters. The van der Waals surface area contributed by atoms with Gasteiger partial charge in [0.2, 0.25) is 0 Å². The summed E-state index contributed by atoms with van der Waals surface area (Å²) in [6, 6.07) is 0. The predicted octanol–water partition coefficient (Wildman–Crippen LogP) is 25.7. The van der Waals surface area contributed by atoms with Crippen molar-refractivity contribution in [2.45, 2.75) is 412 Å². The molecule has 83 heavy (non-hydrogen) atoms. The number of esters is 3. The zero-order valence-electron chi connectivity index (χ0n) is 56.0. The average molecular weight is 1160 g/mol. The van der Waals surface area contributed by atoms with Crippen molar-refractivity contribution in [2.75, 3.05) is 13.2 Å². The maximum atomic E-state index is 13.0. The molecule has 0 N–H and O–H groups in total. The lowest BCUT2D eigenvalue weighted by atomic mass is 10.0. The molecule has 0 aromatic carbocycles. The van der Waals surface area contributed by atoms with E-state index in [2.05, 4.69) is 69.4 Å². The van der Waals surface area contributed by atoms with Crippen LogP contribution in [0.15, 0.2) is 48.6 Å². The van der Waals surface area contributed by atoms with Gasteiger partial charge in [-0.15, -0.1) is 0 Å². The highest BCUT2D eigenvalue weighted by molar-refractivity contribution is 5.71. The van der Waals surface area contributed by atoms with Crippen molar-refractivity contribution >= 4 is 17.9 Å². The van der Waals surface area contributed by atoms with Crippen LogP contribution in [0.5, 0.6) is 0 Å². The fourth-order valence-electron chi connectivity index (χ4n) is 11.2. The van der Waals surface area contributed by atoms with Gasteiger partial charge in [-0.25, -0.2) is 0 Å². The molecule has 0 aliphatic rings. The highest BCUT2D eigenvalue weighted by Crippen LogP contribution is 2.18. The zero-order chi connectivity index (χ0) is 59.9. The minimum atomic E-state index is -0.780. The molecule has 0 rings (SSSR count). The molecular formula is C77H142O6. The predicted molar refractivity (Wildman–Crippen MR) is 362 cm³/mol. The molecule has 0 fully saturated rings. The van der Waals surface area contributed by atoms with Crippen molar-refractivity contribution in [1.29, 1.82) is 0 Å². The first-order valence-corrected chi connectivity index (χ1v) is 37.1. The second-order valence-corrected chi connectivity index (χ2v) is 25.2. The molecule has 0 bridgehead atoms. The second kappa shape index (κ2) is 71.8. The largest absolute Gasteiger partial charge is 0.462 e. The van der Waals surface area contributed by atoms with Crippen molar-refractivity contribution in [3.8, 4) is 0 Å². The fourth-order valence-corrected chi connectivity index (χ4v) is 11.2. The highest BCUT2D eigenvalue weighted by atomic mass is 16.6. The van der Waals surface area contributed by atoms with E-state index in [0.717, 1.165) is 77.0 Å². The van der Waals surface area contributed by atoms with Crippen molar-refractivity contribution in [2.24, 2.45) is 0 Å². The smallest absolute Gasteiger partial charge is 0.306 e. The van der Waals surface area contributed by atoms with E-state index in [4.69, 9.17) is 14.2 Å². The molecule has 0 spiro atoms. The van der Waals surface area contributed by atoms with Gasteiger partial charge >= 0.3 is 17.9 Å². The molecule has 0 saturated carbocycles. The standard InChI is InChI=1S/C77H142O6/c1-4-7-10-13-16-19-22-25-28-30-32-34-35-36-37-38-39-40-41-43-44-46-49-52-55-58-61-64-67-70-76(79)82-73-74(72-81-75(78)69-66-63-60-57-54-51-48-27-24-21-18-15-12-9-6-3)83-77(80)71-68-65-62-59-56-53-50-47-45-42-33-31-29-26-23-20-17-14-11-8-5-2/h18,21,27,30-33,48,74H,4-17,19-20,22-26,28-29,34-47,49-73H2,1-3H3/b21-18-,32-30-,33-31-,48-27-. The van der Waals surface area contributed by atoms with Gasteiger partial charge in [-0.2, -0.15) is 0 Å². The van der Waals surface area contributed by atoms with Crippen LogP contribution in [0, 0.1) is 0 Å². The molecule has 0 heterocycles. The number of ether oxygens (including phenoxy) is 3. The third-order valence-electron chi connectivity index (χ3n) is 16.8. The summed E-state index contributed by atoms with van der Waals surface area (Å²) >= 11 is 0. The van der Waals surface area contributed by atoms with E-state index < -0.39 is 6.10 Å². The number of carbonyl (C=O) groups is 3. The summed E-state index contributed by atoms with van der Waals surface area (Å²) in [5, 5.41) is 0. The number of carbonyl (C=O) groups excluding carboxylic acids is 3. The molecule has 0 saturated heterocycles. The molecule has 486 valence electrons. The summed E-state index contributed by atoms with van der Waals surface area (Å²) in [5.74, 6) is -0.864. The van der Waals surface area contributed by atoms with E-state index in [1.54, 1.807) is 0 Å². The Morgan fingerprint density at radius 3 is 0.699 bits per heavy atom. The van der Waals surface area contributed by atoms with Crippen molar-refractivity contribution in [1.82, 2.24) is 0 Å². The Hall–Kier alpha value is -2.63. The van der Waals surface area contributed by atoms with Crippen LogP contribution in [0.2, 0.25) is 0 Å². The Morgan fingerprint density at radius 1 is 0.241 bits per heavy atom. The lowest BCUT2D eigenvalue weighted by molar-refractivity contribution is -0.167. The van der Waals surface area contributed by atoms with Gasteiger partial charge in [0.1, 0.15) is 13.2 Å². The first-order valence-electron chi connectivity index (χ1n) is 37.1. The zero-order valence-corrected chi connectivity index (χ0v) is 56.0. The third-order valence-corrected chi connectivity index (χ3v) is 16.8. The van der Waals surface area contributed by atoms with Crippen LogP contribution in [0.3, 0.4) is 0 Å². The van der Waals surface area contributed by atoms with Gasteiger partial charge in [0, 0.05) is 19.3 Å². The van der Waals surface area contributed by atoms with E-state index in [-0.39, 0.29) is 31.1 Å². The number of rotatable bonds is 69. The van der Waals surface area contributed by atoms with Gasteiger partial charge in [0.25, 0.3) is 0 Å². The van der Waals surface area contributed by atoms with Crippen LogP contribution in [0.1, 0.15) is 406 Å². The van der Waals surface area contributed by atoms with Crippen LogP contribution in [0.25, 0.3) is 0 Å². The quantitative estimate of drug-likeness (QED) is 0.0261. The molecule has 0 aliphatic carbocycles. The van der Waals surface area contributed by atoms with Crippen LogP contribution in [0.4, 0.5) is 0 Å². The first kappa shape index (κ1) is 80.4. The van der Waals surface area contributed by atoms with Crippen molar-refractivity contribution in [3.63, 3.8) is 0 Å². The van der Waals surface area contributed by atoms with E-state index in [0.29, 0.717) is 19.3 Å². The monoisotopic (exact) mass is 1160 g/mol. The molecule has 0 aromatic rings. The lowest BCUT2D eigenvalue weighted by Crippen LogP contribution is -2.30. The summed E-state index contributed by atoms with van der Waals surface area (Å²) in [6.45, 7) is 6.67. The number of allylic oxidation sites excluding steroid dienone is 8. The second-order valence-electron chi connectivity index (χ2n) is 25.2. The lowest BCUT2D eigenvalue weighted by Gasteiger charge is -2.18. The molecule has 6 heteroatoms. The Balaban J connectivity index is 4.23. The van der Waals surface area contributed by atoms with E-state index in [1.165, 1.54) is 289 Å². The van der Waals surface area contributed by atoms with E-state index in [9.17, 15) is 14.4 Å². The molecule has 1 unspecified atom stereocenters. The molecular weight excluding hydrogens is 1020 g/mol. The van der Waals surface area contributed by atoms with Crippen molar-refractivity contribution in [3.05, 3.63) is 48.6 Å². The van der Waals surface area contributed by atoms with E-state index in [1.807, 2.05) is 0 Å². The van der Waals surface area contributed by atoms with Crippen LogP contribution >= 0.6 is 0 Å².